The van der Waals surface area contributed by atoms with Crippen LogP contribution >= 0.6 is 15.9 Å². The van der Waals surface area contributed by atoms with Gasteiger partial charge in [-0.25, -0.2) is 0 Å². The lowest BCUT2D eigenvalue weighted by Gasteiger charge is -2.23. The fraction of sp³-hybridized carbons (Fsp3) is 0.500. The van der Waals surface area contributed by atoms with Crippen LogP contribution in [0.3, 0.4) is 0 Å². The molecule has 4 heteroatoms. The third-order valence-electron chi connectivity index (χ3n) is 2.40. The van der Waals surface area contributed by atoms with Gasteiger partial charge in [-0.05, 0) is 24.0 Å². The minimum Gasteiger partial charge on any atom is -0.350 e. The third kappa shape index (κ3) is 4.31. The van der Waals surface area contributed by atoms with Gasteiger partial charge in [0, 0.05) is 18.1 Å². The van der Waals surface area contributed by atoms with Crippen LogP contribution < -0.4 is 5.32 Å². The van der Waals surface area contributed by atoms with Crippen LogP contribution in [0.15, 0.2) is 24.4 Å². The molecule has 1 heterocycles. The van der Waals surface area contributed by atoms with Gasteiger partial charge in [0.25, 0.3) is 5.91 Å². The monoisotopic (exact) mass is 284 g/mol. The van der Waals surface area contributed by atoms with Gasteiger partial charge in [0.1, 0.15) is 5.69 Å². The minimum absolute atomic E-state index is 0.105. The molecule has 3 nitrogen and oxygen atoms in total. The molecule has 0 aromatic carbocycles. The Kier molecular flexibility index (Phi) is 4.93. The van der Waals surface area contributed by atoms with Crippen LogP contribution in [0, 0.1) is 5.41 Å². The molecule has 88 valence electrons. The molecule has 0 unspecified atom stereocenters. The Labute approximate surface area is 105 Å². The van der Waals surface area contributed by atoms with Gasteiger partial charge in [-0.1, -0.05) is 35.8 Å². The summed E-state index contributed by atoms with van der Waals surface area (Å²) in [5.41, 5.74) is 0.575. The smallest absolute Gasteiger partial charge is 0.269 e. The Balaban J connectivity index is 2.48. The zero-order chi connectivity index (χ0) is 12.0. The highest BCUT2D eigenvalue weighted by Crippen LogP contribution is 2.19. The van der Waals surface area contributed by atoms with E-state index in [1.165, 1.54) is 0 Å². The number of alkyl halides is 1. The molecule has 16 heavy (non-hydrogen) atoms. The predicted octanol–water partition coefficient (Wildman–Crippen LogP) is 2.62. The highest BCUT2D eigenvalue weighted by Gasteiger charge is 2.18. The molecule has 1 rings (SSSR count). The highest BCUT2D eigenvalue weighted by atomic mass is 79.9. The van der Waals surface area contributed by atoms with Crippen molar-refractivity contribution in [1.82, 2.24) is 10.3 Å². The van der Waals surface area contributed by atoms with Gasteiger partial charge in [0.15, 0.2) is 0 Å². The van der Waals surface area contributed by atoms with Crippen molar-refractivity contribution >= 4 is 21.8 Å². The predicted molar refractivity (Wildman–Crippen MR) is 68.8 cm³/mol. The second-order valence-corrected chi connectivity index (χ2v) is 5.29. The number of pyridine rings is 1. The van der Waals surface area contributed by atoms with Gasteiger partial charge < -0.3 is 5.32 Å². The van der Waals surface area contributed by atoms with Crippen molar-refractivity contribution in [1.29, 1.82) is 0 Å². The van der Waals surface area contributed by atoms with Gasteiger partial charge >= 0.3 is 0 Å². The van der Waals surface area contributed by atoms with Gasteiger partial charge in [0.05, 0.1) is 0 Å². The average Bonchev–Trinajstić information content (AvgIpc) is 2.27. The summed E-state index contributed by atoms with van der Waals surface area (Å²) < 4.78 is 0. The quantitative estimate of drug-likeness (QED) is 0.845. The largest absolute Gasteiger partial charge is 0.350 e. The number of hydrogen-bond acceptors (Lipinski definition) is 2. The number of hydrogen-bond donors (Lipinski definition) is 1. The fourth-order valence-electron chi connectivity index (χ4n) is 1.25. The number of carbonyl (C=O) groups excluding carboxylic acids is 1. The molecular weight excluding hydrogens is 268 g/mol. The second-order valence-electron chi connectivity index (χ2n) is 4.50. The molecule has 0 aliphatic rings. The molecule has 0 saturated heterocycles. The summed E-state index contributed by atoms with van der Waals surface area (Å²) in [4.78, 5) is 15.7. The summed E-state index contributed by atoms with van der Waals surface area (Å²) in [7, 11) is 0. The first-order chi connectivity index (χ1) is 7.55. The molecule has 0 bridgehead atoms. The molecule has 0 aliphatic heterocycles. The molecule has 0 fully saturated rings. The lowest BCUT2D eigenvalue weighted by atomic mass is 9.90. The second kappa shape index (κ2) is 5.99. The van der Waals surface area contributed by atoms with E-state index < -0.39 is 0 Å². The summed E-state index contributed by atoms with van der Waals surface area (Å²) >= 11 is 3.41. The molecule has 0 saturated carbocycles. The lowest BCUT2D eigenvalue weighted by molar-refractivity contribution is 0.0931. The van der Waals surface area contributed by atoms with Crippen molar-refractivity contribution in [2.24, 2.45) is 5.41 Å². The first-order valence-corrected chi connectivity index (χ1v) is 6.42. The SMILES string of the molecule is CC(C)(CCBr)CNC(=O)c1ccccn1. The van der Waals surface area contributed by atoms with E-state index in [0.717, 1.165) is 11.8 Å². The number of halogens is 1. The van der Waals surface area contributed by atoms with E-state index in [1.807, 2.05) is 6.07 Å². The first-order valence-electron chi connectivity index (χ1n) is 5.30. The van der Waals surface area contributed by atoms with Crippen LogP contribution in [0.1, 0.15) is 30.8 Å². The van der Waals surface area contributed by atoms with Crippen molar-refractivity contribution in [3.05, 3.63) is 30.1 Å². The molecular formula is C12H17BrN2O. The van der Waals surface area contributed by atoms with Crippen LogP contribution in [0.25, 0.3) is 0 Å². The molecule has 1 amide bonds. The normalized spacial score (nSPS) is 11.2. The van der Waals surface area contributed by atoms with E-state index in [2.05, 4.69) is 40.1 Å². The van der Waals surface area contributed by atoms with Crippen molar-refractivity contribution in [3.8, 4) is 0 Å². The zero-order valence-electron chi connectivity index (χ0n) is 9.66. The summed E-state index contributed by atoms with van der Waals surface area (Å²) in [5, 5.41) is 3.85. The molecule has 0 atom stereocenters. The summed E-state index contributed by atoms with van der Waals surface area (Å²) in [6.45, 7) is 4.92. The summed E-state index contributed by atoms with van der Waals surface area (Å²) in [5.74, 6) is -0.108. The van der Waals surface area contributed by atoms with Crippen molar-refractivity contribution < 1.29 is 4.79 Å². The number of nitrogens with one attached hydrogen (secondary N) is 1. The Hall–Kier alpha value is -0.900. The van der Waals surface area contributed by atoms with E-state index in [9.17, 15) is 4.79 Å². The molecule has 1 aromatic rings. The maximum Gasteiger partial charge on any atom is 0.269 e. The van der Waals surface area contributed by atoms with E-state index in [-0.39, 0.29) is 11.3 Å². The van der Waals surface area contributed by atoms with Gasteiger partial charge in [-0.2, -0.15) is 0 Å². The number of nitrogens with zero attached hydrogens (tertiary/aromatic N) is 1. The van der Waals surface area contributed by atoms with Crippen LogP contribution in [0.4, 0.5) is 0 Å². The van der Waals surface area contributed by atoms with Gasteiger partial charge in [0.2, 0.25) is 0 Å². The highest BCUT2D eigenvalue weighted by molar-refractivity contribution is 9.09. The maximum atomic E-state index is 11.7. The fourth-order valence-corrected chi connectivity index (χ4v) is 2.32. The van der Waals surface area contributed by atoms with E-state index >= 15 is 0 Å². The summed E-state index contributed by atoms with van der Waals surface area (Å²) in [6, 6.07) is 5.32. The number of amides is 1. The van der Waals surface area contributed by atoms with Gasteiger partial charge in [-0.15, -0.1) is 0 Å². The lowest BCUT2D eigenvalue weighted by Crippen LogP contribution is -2.34. The van der Waals surface area contributed by atoms with E-state index in [4.69, 9.17) is 0 Å². The van der Waals surface area contributed by atoms with Crippen LogP contribution in [0.5, 0.6) is 0 Å². The number of rotatable bonds is 5. The zero-order valence-corrected chi connectivity index (χ0v) is 11.3. The van der Waals surface area contributed by atoms with Crippen LogP contribution in [-0.2, 0) is 0 Å². The molecule has 0 aliphatic carbocycles. The Morgan fingerprint density at radius 2 is 2.25 bits per heavy atom. The third-order valence-corrected chi connectivity index (χ3v) is 2.79. The van der Waals surface area contributed by atoms with Crippen molar-refractivity contribution in [3.63, 3.8) is 0 Å². The average molecular weight is 285 g/mol. The Bertz CT molecular complexity index is 338. The van der Waals surface area contributed by atoms with Crippen LogP contribution in [-0.4, -0.2) is 22.8 Å². The molecule has 0 radical (unpaired) electrons. The maximum absolute atomic E-state index is 11.7. The number of aromatic nitrogens is 1. The van der Waals surface area contributed by atoms with E-state index in [0.29, 0.717) is 12.2 Å². The van der Waals surface area contributed by atoms with Crippen molar-refractivity contribution in [2.45, 2.75) is 20.3 Å². The number of carbonyl (C=O) groups is 1. The molecule has 1 N–H and O–H groups in total. The Morgan fingerprint density at radius 3 is 2.81 bits per heavy atom. The van der Waals surface area contributed by atoms with Crippen LogP contribution in [0.2, 0.25) is 0 Å². The molecule has 1 aromatic heterocycles. The summed E-state index contributed by atoms with van der Waals surface area (Å²) in [6.07, 6.45) is 2.65. The minimum atomic E-state index is -0.108. The standard InChI is InChI=1S/C12H17BrN2O/c1-12(2,6-7-13)9-15-11(16)10-5-3-4-8-14-10/h3-5,8H,6-7,9H2,1-2H3,(H,15,16). The topological polar surface area (TPSA) is 42.0 Å². The van der Waals surface area contributed by atoms with E-state index in [1.54, 1.807) is 18.3 Å². The van der Waals surface area contributed by atoms with Crippen molar-refractivity contribution in [2.75, 3.05) is 11.9 Å². The first kappa shape index (κ1) is 13.2. The Morgan fingerprint density at radius 1 is 1.50 bits per heavy atom. The van der Waals surface area contributed by atoms with Gasteiger partial charge in [-0.3, -0.25) is 9.78 Å². The molecule has 0 spiro atoms.